The molecule has 0 aliphatic carbocycles. The Labute approximate surface area is 104 Å². The van der Waals surface area contributed by atoms with Crippen LogP contribution in [0.3, 0.4) is 0 Å². The quantitative estimate of drug-likeness (QED) is 0.649. The first-order valence-electron chi connectivity index (χ1n) is 5.39. The van der Waals surface area contributed by atoms with Crippen LogP contribution in [0.1, 0.15) is 27.6 Å². The summed E-state index contributed by atoms with van der Waals surface area (Å²) < 4.78 is 13.9. The summed E-state index contributed by atoms with van der Waals surface area (Å²) in [5.41, 5.74) is 5.21. The Bertz CT molecular complexity index is 522. The van der Waals surface area contributed by atoms with Crippen LogP contribution in [0, 0.1) is 19.7 Å². The van der Waals surface area contributed by atoms with E-state index in [9.17, 15) is 4.39 Å². The van der Waals surface area contributed by atoms with Crippen molar-refractivity contribution in [1.82, 2.24) is 5.43 Å². The molecule has 0 aliphatic heterocycles. The topological polar surface area (TPSA) is 38.0 Å². The lowest BCUT2D eigenvalue weighted by molar-refractivity contribution is 0.559. The third kappa shape index (κ3) is 2.39. The summed E-state index contributed by atoms with van der Waals surface area (Å²) in [4.78, 5) is 1.15. The molecule has 0 fully saturated rings. The zero-order valence-corrected chi connectivity index (χ0v) is 10.6. The summed E-state index contributed by atoms with van der Waals surface area (Å²) in [6, 6.07) is 6.89. The van der Waals surface area contributed by atoms with Crippen molar-refractivity contribution in [2.75, 3.05) is 0 Å². The van der Waals surface area contributed by atoms with Crippen LogP contribution >= 0.6 is 11.3 Å². The second kappa shape index (κ2) is 4.96. The fourth-order valence-electron chi connectivity index (χ4n) is 1.91. The van der Waals surface area contributed by atoms with Crippen LogP contribution < -0.4 is 11.3 Å². The van der Waals surface area contributed by atoms with E-state index in [1.807, 2.05) is 31.4 Å². The summed E-state index contributed by atoms with van der Waals surface area (Å²) in [7, 11) is 0. The molecule has 2 nitrogen and oxygen atoms in total. The summed E-state index contributed by atoms with van der Waals surface area (Å²) >= 11 is 1.63. The molecule has 1 aromatic carbocycles. The molecule has 17 heavy (non-hydrogen) atoms. The first-order valence-corrected chi connectivity index (χ1v) is 6.27. The van der Waals surface area contributed by atoms with Gasteiger partial charge in [-0.25, -0.2) is 9.82 Å². The van der Waals surface area contributed by atoms with Crippen LogP contribution in [0.2, 0.25) is 0 Å². The van der Waals surface area contributed by atoms with E-state index in [0.29, 0.717) is 5.56 Å². The van der Waals surface area contributed by atoms with Gasteiger partial charge in [-0.1, -0.05) is 12.1 Å². The van der Waals surface area contributed by atoms with Crippen LogP contribution in [0.25, 0.3) is 0 Å². The Kier molecular flexibility index (Phi) is 3.57. The number of thiophene rings is 1. The van der Waals surface area contributed by atoms with Crippen LogP contribution in [0.4, 0.5) is 4.39 Å². The van der Waals surface area contributed by atoms with E-state index in [1.165, 1.54) is 6.07 Å². The predicted octanol–water partition coefficient (Wildman–Crippen LogP) is 3.06. The van der Waals surface area contributed by atoms with Gasteiger partial charge in [0.15, 0.2) is 0 Å². The number of halogens is 1. The molecule has 0 radical (unpaired) electrons. The van der Waals surface area contributed by atoms with Crippen molar-refractivity contribution in [3.05, 3.63) is 57.0 Å². The SMILES string of the molecule is Cc1ccc(C(NN)c2ccsc2C)c(F)c1. The van der Waals surface area contributed by atoms with Gasteiger partial charge in [-0.2, -0.15) is 0 Å². The molecule has 1 aromatic heterocycles. The molecule has 0 saturated carbocycles. The maximum atomic E-state index is 13.9. The molecule has 0 aliphatic rings. The normalized spacial score (nSPS) is 12.7. The summed E-state index contributed by atoms with van der Waals surface area (Å²) in [6.45, 7) is 3.88. The minimum absolute atomic E-state index is 0.224. The Morgan fingerprint density at radius 3 is 2.53 bits per heavy atom. The molecule has 2 rings (SSSR count). The maximum Gasteiger partial charge on any atom is 0.128 e. The maximum absolute atomic E-state index is 13.9. The molecule has 0 spiro atoms. The zero-order chi connectivity index (χ0) is 12.4. The molecule has 0 bridgehead atoms. The van der Waals surface area contributed by atoms with E-state index in [1.54, 1.807) is 17.4 Å². The van der Waals surface area contributed by atoms with E-state index in [-0.39, 0.29) is 11.9 Å². The van der Waals surface area contributed by atoms with Gasteiger partial charge in [0.05, 0.1) is 6.04 Å². The Hall–Kier alpha value is -1.23. The van der Waals surface area contributed by atoms with E-state index in [2.05, 4.69) is 5.43 Å². The largest absolute Gasteiger partial charge is 0.271 e. The first kappa shape index (κ1) is 12.2. The van der Waals surface area contributed by atoms with Crippen LogP contribution in [-0.4, -0.2) is 0 Å². The van der Waals surface area contributed by atoms with Crippen molar-refractivity contribution < 1.29 is 4.39 Å². The lowest BCUT2D eigenvalue weighted by Gasteiger charge is -2.17. The van der Waals surface area contributed by atoms with Gasteiger partial charge in [-0.3, -0.25) is 5.84 Å². The molecule has 1 heterocycles. The van der Waals surface area contributed by atoms with Crippen molar-refractivity contribution in [3.63, 3.8) is 0 Å². The molecule has 1 unspecified atom stereocenters. The molecule has 0 amide bonds. The molecule has 2 aromatic rings. The number of nitrogens with one attached hydrogen (secondary N) is 1. The molecule has 0 saturated heterocycles. The zero-order valence-electron chi connectivity index (χ0n) is 9.83. The highest BCUT2D eigenvalue weighted by Crippen LogP contribution is 2.29. The van der Waals surface area contributed by atoms with Gasteiger partial charge in [0.25, 0.3) is 0 Å². The summed E-state index contributed by atoms with van der Waals surface area (Å²) in [5.74, 6) is 5.34. The number of aryl methyl sites for hydroxylation is 2. The van der Waals surface area contributed by atoms with Crippen molar-refractivity contribution in [2.45, 2.75) is 19.9 Å². The van der Waals surface area contributed by atoms with Crippen molar-refractivity contribution in [3.8, 4) is 0 Å². The average Bonchev–Trinajstić information content (AvgIpc) is 2.69. The highest BCUT2D eigenvalue weighted by molar-refractivity contribution is 7.10. The molecular formula is C13H15FN2S. The average molecular weight is 250 g/mol. The van der Waals surface area contributed by atoms with Crippen LogP contribution in [-0.2, 0) is 0 Å². The minimum Gasteiger partial charge on any atom is -0.271 e. The van der Waals surface area contributed by atoms with Gasteiger partial charge in [-0.05, 0) is 42.5 Å². The standard InChI is InChI=1S/C13H15FN2S/c1-8-3-4-11(12(14)7-8)13(16-15)10-5-6-17-9(10)2/h3-7,13,16H,15H2,1-2H3. The molecular weight excluding hydrogens is 235 g/mol. The number of hydrogen-bond donors (Lipinski definition) is 2. The van der Waals surface area contributed by atoms with E-state index >= 15 is 0 Å². The number of hydrogen-bond acceptors (Lipinski definition) is 3. The Morgan fingerprint density at radius 1 is 1.24 bits per heavy atom. The Morgan fingerprint density at radius 2 is 2.00 bits per heavy atom. The highest BCUT2D eigenvalue weighted by atomic mass is 32.1. The van der Waals surface area contributed by atoms with Gasteiger partial charge in [0.2, 0.25) is 0 Å². The fourth-order valence-corrected chi connectivity index (χ4v) is 2.65. The molecule has 1 atom stereocenters. The van der Waals surface area contributed by atoms with E-state index in [0.717, 1.165) is 16.0 Å². The second-order valence-corrected chi connectivity index (χ2v) is 5.18. The van der Waals surface area contributed by atoms with Gasteiger partial charge in [0, 0.05) is 10.4 Å². The number of hydrazine groups is 1. The first-order chi connectivity index (χ1) is 8.13. The van der Waals surface area contributed by atoms with Gasteiger partial charge in [-0.15, -0.1) is 11.3 Å². The van der Waals surface area contributed by atoms with Gasteiger partial charge in [0.1, 0.15) is 5.82 Å². The number of nitrogens with two attached hydrogens (primary N) is 1. The van der Waals surface area contributed by atoms with E-state index < -0.39 is 0 Å². The number of benzene rings is 1. The summed E-state index contributed by atoms with van der Waals surface area (Å²) in [6.07, 6.45) is 0. The second-order valence-electron chi connectivity index (χ2n) is 4.06. The Balaban J connectivity index is 2.46. The van der Waals surface area contributed by atoms with Crippen molar-refractivity contribution in [1.29, 1.82) is 0 Å². The third-order valence-electron chi connectivity index (χ3n) is 2.84. The highest BCUT2D eigenvalue weighted by Gasteiger charge is 2.18. The van der Waals surface area contributed by atoms with Crippen LogP contribution in [0.15, 0.2) is 29.6 Å². The number of rotatable bonds is 3. The molecule has 4 heteroatoms. The third-order valence-corrected chi connectivity index (χ3v) is 3.70. The fraction of sp³-hybridized carbons (Fsp3) is 0.231. The predicted molar refractivity (Wildman–Crippen MR) is 69.4 cm³/mol. The monoisotopic (exact) mass is 250 g/mol. The molecule has 90 valence electrons. The van der Waals surface area contributed by atoms with E-state index in [4.69, 9.17) is 5.84 Å². The van der Waals surface area contributed by atoms with Crippen LogP contribution in [0.5, 0.6) is 0 Å². The lowest BCUT2D eigenvalue weighted by atomic mass is 9.98. The summed E-state index contributed by atoms with van der Waals surface area (Å²) in [5, 5.41) is 1.99. The smallest absolute Gasteiger partial charge is 0.128 e. The lowest BCUT2D eigenvalue weighted by Crippen LogP contribution is -2.29. The van der Waals surface area contributed by atoms with Crippen molar-refractivity contribution >= 4 is 11.3 Å². The molecule has 3 N–H and O–H groups in total. The minimum atomic E-state index is -0.290. The van der Waals surface area contributed by atoms with Crippen molar-refractivity contribution in [2.24, 2.45) is 5.84 Å². The van der Waals surface area contributed by atoms with Gasteiger partial charge < -0.3 is 0 Å². The van der Waals surface area contributed by atoms with Gasteiger partial charge >= 0.3 is 0 Å².